The topological polar surface area (TPSA) is 148 Å². The summed E-state index contributed by atoms with van der Waals surface area (Å²) in [6.45, 7) is 9.39. The molecular formula is C27H42F2N4O6. The number of likely N-dealkylation sites (tertiary alicyclic amines) is 1. The van der Waals surface area contributed by atoms with Gasteiger partial charge in [0.1, 0.15) is 17.7 Å². The van der Waals surface area contributed by atoms with Gasteiger partial charge in [-0.1, -0.05) is 33.1 Å². The summed E-state index contributed by atoms with van der Waals surface area (Å²) in [5, 5.41) is 5.19. The van der Waals surface area contributed by atoms with E-state index >= 15 is 0 Å². The number of hydrogen-bond donors (Lipinski definition) is 3. The number of halogens is 2. The van der Waals surface area contributed by atoms with Crippen molar-refractivity contribution in [2.24, 2.45) is 28.9 Å². The Morgan fingerprint density at radius 3 is 2.18 bits per heavy atom. The Balaban J connectivity index is 1.85. The number of carbonyl (C=O) groups excluding carboxylic acids is 5. The standard InChI is InChI=1S/C27H42F2N4O6/c1-26(2,3)39-25(38)32-19(14-9-7-6-8-10-14)24(37)33-13-15-18(27(15,4)5)20(33)23(36)31-16(11-12-17(28)29)21(34)22(30)35/h14-20H,6-13H2,1-5H3,(H2,30,35)(H,31,36)(H,32,38)/t15-,16?,18-,19?,20-/m0/s1. The molecule has 0 aromatic carbocycles. The van der Waals surface area contributed by atoms with Crippen LogP contribution >= 0.6 is 0 Å². The van der Waals surface area contributed by atoms with E-state index in [2.05, 4.69) is 10.6 Å². The first-order chi connectivity index (χ1) is 18.0. The molecule has 220 valence electrons. The van der Waals surface area contributed by atoms with Crippen molar-refractivity contribution in [3.05, 3.63) is 0 Å². The molecule has 0 spiro atoms. The third kappa shape index (κ3) is 7.25. The monoisotopic (exact) mass is 556 g/mol. The van der Waals surface area contributed by atoms with E-state index in [-0.39, 0.29) is 29.7 Å². The van der Waals surface area contributed by atoms with Crippen molar-refractivity contribution in [3.8, 4) is 0 Å². The summed E-state index contributed by atoms with van der Waals surface area (Å²) in [5.41, 5.74) is 4.06. The molecule has 3 aliphatic rings. The maximum Gasteiger partial charge on any atom is 0.408 e. The minimum Gasteiger partial charge on any atom is -0.444 e. The highest BCUT2D eigenvalue weighted by Gasteiger charge is 2.69. The van der Waals surface area contributed by atoms with Crippen LogP contribution < -0.4 is 16.4 Å². The van der Waals surface area contributed by atoms with Gasteiger partial charge in [-0.25, -0.2) is 13.6 Å². The summed E-state index contributed by atoms with van der Waals surface area (Å²) in [4.78, 5) is 65.6. The normalized spacial score (nSPS) is 25.8. The number of alkyl carbamates (subject to hydrolysis) is 1. The Hall–Kier alpha value is -2.79. The zero-order chi connectivity index (χ0) is 29.3. The Labute approximate surface area is 228 Å². The van der Waals surface area contributed by atoms with Crippen LogP contribution in [0.2, 0.25) is 0 Å². The summed E-state index contributed by atoms with van der Waals surface area (Å²) in [6.07, 6.45) is -0.317. The zero-order valence-corrected chi connectivity index (χ0v) is 23.4. The number of ketones is 1. The van der Waals surface area contributed by atoms with Crippen LogP contribution in [-0.4, -0.2) is 71.2 Å². The molecule has 2 saturated carbocycles. The van der Waals surface area contributed by atoms with Crippen molar-refractivity contribution < 1.29 is 37.5 Å². The van der Waals surface area contributed by atoms with Gasteiger partial charge < -0.3 is 26.0 Å². The summed E-state index contributed by atoms with van der Waals surface area (Å²) in [5.74, 6) is -3.97. The maximum absolute atomic E-state index is 14.0. The largest absolute Gasteiger partial charge is 0.444 e. The molecule has 0 aromatic heterocycles. The van der Waals surface area contributed by atoms with Gasteiger partial charge in [-0.15, -0.1) is 0 Å². The van der Waals surface area contributed by atoms with E-state index in [1.807, 2.05) is 13.8 Å². The van der Waals surface area contributed by atoms with Gasteiger partial charge in [-0.2, -0.15) is 0 Å². The highest BCUT2D eigenvalue weighted by molar-refractivity contribution is 6.37. The minimum absolute atomic E-state index is 0.0112. The van der Waals surface area contributed by atoms with E-state index in [0.717, 1.165) is 32.1 Å². The number of rotatable bonds is 10. The van der Waals surface area contributed by atoms with Gasteiger partial charge >= 0.3 is 6.09 Å². The number of nitrogens with two attached hydrogens (primary N) is 1. The van der Waals surface area contributed by atoms with Crippen LogP contribution in [0.5, 0.6) is 0 Å². The number of piperidine rings is 1. The highest BCUT2D eigenvalue weighted by atomic mass is 19.3. The van der Waals surface area contributed by atoms with Crippen molar-refractivity contribution in [1.29, 1.82) is 0 Å². The van der Waals surface area contributed by atoms with E-state index in [1.165, 1.54) is 4.90 Å². The predicted molar refractivity (Wildman–Crippen MR) is 137 cm³/mol. The molecule has 10 nitrogen and oxygen atoms in total. The predicted octanol–water partition coefficient (Wildman–Crippen LogP) is 2.53. The van der Waals surface area contributed by atoms with Crippen molar-refractivity contribution in [3.63, 3.8) is 0 Å². The van der Waals surface area contributed by atoms with E-state index < -0.39 is 72.6 Å². The Bertz CT molecular complexity index is 976. The first-order valence-corrected chi connectivity index (χ1v) is 13.8. The lowest BCUT2D eigenvalue weighted by molar-refractivity contribution is -0.144. The molecule has 0 radical (unpaired) electrons. The van der Waals surface area contributed by atoms with E-state index in [1.54, 1.807) is 20.8 Å². The number of hydrogen-bond acceptors (Lipinski definition) is 6. The van der Waals surface area contributed by atoms with Crippen molar-refractivity contribution in [1.82, 2.24) is 15.5 Å². The van der Waals surface area contributed by atoms with Crippen LogP contribution in [-0.2, 0) is 23.9 Å². The van der Waals surface area contributed by atoms with Crippen molar-refractivity contribution in [2.45, 2.75) is 110 Å². The average Bonchev–Trinajstić information content (AvgIpc) is 3.16. The maximum atomic E-state index is 14.0. The summed E-state index contributed by atoms with van der Waals surface area (Å²) < 4.78 is 31.2. The van der Waals surface area contributed by atoms with Gasteiger partial charge in [-0.3, -0.25) is 19.2 Å². The number of alkyl halides is 2. The second-order valence-corrected chi connectivity index (χ2v) is 12.7. The lowest BCUT2D eigenvalue weighted by Crippen LogP contribution is -2.59. The first kappa shape index (κ1) is 30.7. The molecule has 39 heavy (non-hydrogen) atoms. The van der Waals surface area contributed by atoms with Gasteiger partial charge in [0.05, 0.1) is 6.04 Å². The van der Waals surface area contributed by atoms with E-state index in [0.29, 0.717) is 0 Å². The number of ether oxygens (including phenoxy) is 1. The molecule has 1 heterocycles. The molecule has 4 N–H and O–H groups in total. The van der Waals surface area contributed by atoms with E-state index in [9.17, 15) is 32.8 Å². The molecule has 2 unspecified atom stereocenters. The average molecular weight is 557 g/mol. The Kier molecular flexibility index (Phi) is 9.27. The smallest absolute Gasteiger partial charge is 0.408 e. The quantitative estimate of drug-likeness (QED) is 0.352. The van der Waals surface area contributed by atoms with Crippen molar-refractivity contribution >= 4 is 29.6 Å². The SMILES string of the molecule is CC(C)(C)OC(=O)NC(C(=O)N1C[C@H]2[C@@H]([C@H]1C(=O)NC(CCC(F)F)C(=O)C(N)=O)C2(C)C)C1CCCCC1. The molecule has 4 amide bonds. The molecule has 2 aliphatic carbocycles. The van der Waals surface area contributed by atoms with Crippen LogP contribution in [0.15, 0.2) is 0 Å². The number of fused-ring (bicyclic) bond motifs is 1. The first-order valence-electron chi connectivity index (χ1n) is 13.8. The zero-order valence-electron chi connectivity index (χ0n) is 23.4. The second-order valence-electron chi connectivity index (χ2n) is 12.7. The second kappa shape index (κ2) is 11.8. The molecular weight excluding hydrogens is 514 g/mol. The Morgan fingerprint density at radius 2 is 1.64 bits per heavy atom. The molecule has 3 fully saturated rings. The summed E-state index contributed by atoms with van der Waals surface area (Å²) in [6, 6.07) is -3.41. The fraction of sp³-hybridized carbons (Fsp3) is 0.815. The summed E-state index contributed by atoms with van der Waals surface area (Å²) in [7, 11) is 0. The number of amides is 4. The minimum atomic E-state index is -2.74. The Morgan fingerprint density at radius 1 is 1.03 bits per heavy atom. The number of Topliss-reactive ketones (excluding diaryl/α,β-unsaturated/α-hetero) is 1. The van der Waals surface area contributed by atoms with Crippen LogP contribution in [0.4, 0.5) is 13.6 Å². The number of carbonyl (C=O) groups is 5. The number of primary amides is 1. The summed E-state index contributed by atoms with van der Waals surface area (Å²) >= 11 is 0. The van der Waals surface area contributed by atoms with Crippen LogP contribution in [0.1, 0.15) is 79.6 Å². The van der Waals surface area contributed by atoms with Gasteiger partial charge in [-0.05, 0) is 63.2 Å². The van der Waals surface area contributed by atoms with Crippen LogP contribution in [0.3, 0.4) is 0 Å². The number of nitrogens with zero attached hydrogens (tertiary/aromatic N) is 1. The molecule has 5 atom stereocenters. The van der Waals surface area contributed by atoms with Crippen molar-refractivity contribution in [2.75, 3.05) is 6.54 Å². The number of nitrogens with one attached hydrogen (secondary N) is 2. The highest BCUT2D eigenvalue weighted by Crippen LogP contribution is 2.65. The van der Waals surface area contributed by atoms with Gasteiger partial charge in [0.15, 0.2) is 0 Å². The van der Waals surface area contributed by atoms with Gasteiger partial charge in [0.2, 0.25) is 24.0 Å². The lowest BCUT2D eigenvalue weighted by Gasteiger charge is -2.37. The third-order valence-electron chi connectivity index (χ3n) is 8.37. The fourth-order valence-corrected chi connectivity index (χ4v) is 6.27. The van der Waals surface area contributed by atoms with Crippen LogP contribution in [0.25, 0.3) is 0 Å². The fourth-order valence-electron chi connectivity index (χ4n) is 6.27. The van der Waals surface area contributed by atoms with E-state index in [4.69, 9.17) is 10.5 Å². The molecule has 0 aromatic rings. The van der Waals surface area contributed by atoms with Gasteiger partial charge in [0.25, 0.3) is 5.91 Å². The molecule has 1 saturated heterocycles. The molecule has 0 bridgehead atoms. The molecule has 12 heteroatoms. The lowest BCUT2D eigenvalue weighted by atomic mass is 9.83. The third-order valence-corrected chi connectivity index (χ3v) is 8.37. The molecule has 1 aliphatic heterocycles. The van der Waals surface area contributed by atoms with Gasteiger partial charge in [0, 0.05) is 13.0 Å². The molecule has 3 rings (SSSR count). The van der Waals surface area contributed by atoms with Crippen LogP contribution in [0, 0.1) is 23.2 Å².